The van der Waals surface area contributed by atoms with Gasteiger partial charge in [0.2, 0.25) is 0 Å². The molecule has 2 N–H and O–H groups in total. The predicted molar refractivity (Wildman–Crippen MR) is 101 cm³/mol. The molecule has 1 aromatic carbocycles. The average molecular weight is 377 g/mol. The van der Waals surface area contributed by atoms with Gasteiger partial charge in [-0.1, -0.05) is 26.8 Å². The van der Waals surface area contributed by atoms with E-state index in [0.29, 0.717) is 37.4 Å². The van der Waals surface area contributed by atoms with Crippen LogP contribution in [0.1, 0.15) is 31.1 Å². The van der Waals surface area contributed by atoms with E-state index in [1.807, 2.05) is 20.8 Å². The van der Waals surface area contributed by atoms with Crippen molar-refractivity contribution in [3.05, 3.63) is 29.8 Å². The molecule has 27 heavy (non-hydrogen) atoms. The van der Waals surface area contributed by atoms with Crippen LogP contribution in [0.3, 0.4) is 0 Å². The van der Waals surface area contributed by atoms with Crippen molar-refractivity contribution < 1.29 is 24.2 Å². The van der Waals surface area contributed by atoms with Gasteiger partial charge in [-0.05, 0) is 23.6 Å². The molecule has 0 aromatic heterocycles. The van der Waals surface area contributed by atoms with Crippen molar-refractivity contribution in [3.63, 3.8) is 0 Å². The highest BCUT2D eigenvalue weighted by molar-refractivity contribution is 5.95. The molecule has 2 rings (SSSR count). The monoisotopic (exact) mass is 377 g/mol. The quantitative estimate of drug-likeness (QED) is 0.834. The molecule has 148 valence electrons. The smallest absolute Gasteiger partial charge is 0.409 e. The number of nitrogens with zero attached hydrogens (tertiary/aromatic N) is 2. The van der Waals surface area contributed by atoms with Gasteiger partial charge in [-0.25, -0.2) is 9.59 Å². The number of anilines is 1. The summed E-state index contributed by atoms with van der Waals surface area (Å²) in [5, 5.41) is 12.5. The lowest BCUT2D eigenvalue weighted by atomic mass is 9.86. The number of benzene rings is 1. The van der Waals surface area contributed by atoms with Crippen molar-refractivity contribution in [2.24, 2.45) is 5.41 Å². The second-order valence-corrected chi connectivity index (χ2v) is 7.61. The van der Waals surface area contributed by atoms with Gasteiger partial charge in [0.15, 0.2) is 0 Å². The maximum absolute atomic E-state index is 12.8. The first-order chi connectivity index (χ1) is 12.6. The standard InChI is InChI=1S/C19H27N3O5/c1-19(2,3)15(17(24)25)20-14-7-5-6-13(12-14)16(23)21-8-10-22(11-9-21)18(26)27-4/h5-7,12,15,20H,8-11H2,1-4H3,(H,24,25)/t15-/m1/s1. The maximum atomic E-state index is 12.8. The number of carbonyl (C=O) groups is 3. The molecule has 8 heteroatoms. The number of methoxy groups -OCH3 is 1. The molecule has 0 radical (unpaired) electrons. The van der Waals surface area contributed by atoms with Gasteiger partial charge in [0, 0.05) is 37.4 Å². The molecule has 0 unspecified atom stereocenters. The third kappa shape index (κ3) is 5.12. The summed E-state index contributed by atoms with van der Waals surface area (Å²) in [6.45, 7) is 7.21. The second-order valence-electron chi connectivity index (χ2n) is 7.61. The lowest BCUT2D eigenvalue weighted by Gasteiger charge is -2.34. The fourth-order valence-corrected chi connectivity index (χ4v) is 2.96. The molecule has 0 saturated carbocycles. The van der Waals surface area contributed by atoms with Crippen LogP contribution >= 0.6 is 0 Å². The van der Waals surface area contributed by atoms with Gasteiger partial charge >= 0.3 is 12.1 Å². The number of rotatable bonds is 4. The Morgan fingerprint density at radius 1 is 1.11 bits per heavy atom. The molecule has 1 atom stereocenters. The number of amides is 2. The van der Waals surface area contributed by atoms with Gasteiger partial charge in [0.25, 0.3) is 5.91 Å². The molecule has 1 saturated heterocycles. The molecule has 0 aliphatic carbocycles. The van der Waals surface area contributed by atoms with Crippen LogP contribution in [0.4, 0.5) is 10.5 Å². The number of carbonyl (C=O) groups excluding carboxylic acids is 2. The van der Waals surface area contributed by atoms with Crippen LogP contribution in [0.15, 0.2) is 24.3 Å². The van der Waals surface area contributed by atoms with Crippen molar-refractivity contribution >= 4 is 23.7 Å². The van der Waals surface area contributed by atoms with E-state index in [1.54, 1.807) is 34.1 Å². The zero-order valence-electron chi connectivity index (χ0n) is 16.2. The minimum absolute atomic E-state index is 0.147. The van der Waals surface area contributed by atoms with Crippen molar-refractivity contribution in [1.29, 1.82) is 0 Å². The second kappa shape index (κ2) is 8.28. The van der Waals surface area contributed by atoms with E-state index >= 15 is 0 Å². The molecule has 2 amide bonds. The normalized spacial score (nSPS) is 15.9. The minimum atomic E-state index is -0.946. The number of carboxylic acid groups (broad SMARTS) is 1. The topological polar surface area (TPSA) is 99.2 Å². The number of hydrogen-bond acceptors (Lipinski definition) is 5. The number of ether oxygens (including phenoxy) is 1. The van der Waals surface area contributed by atoms with Gasteiger partial charge in [-0.3, -0.25) is 4.79 Å². The summed E-state index contributed by atoms with van der Waals surface area (Å²) in [7, 11) is 1.33. The van der Waals surface area contributed by atoms with Crippen molar-refractivity contribution in [2.45, 2.75) is 26.8 Å². The molecule has 1 aromatic rings. The first kappa shape index (κ1) is 20.5. The largest absolute Gasteiger partial charge is 0.480 e. The summed E-state index contributed by atoms with van der Waals surface area (Å²) < 4.78 is 4.70. The minimum Gasteiger partial charge on any atom is -0.480 e. The van der Waals surface area contributed by atoms with E-state index < -0.39 is 23.5 Å². The van der Waals surface area contributed by atoms with E-state index in [0.717, 1.165) is 0 Å². The highest BCUT2D eigenvalue weighted by Crippen LogP contribution is 2.24. The number of nitrogens with one attached hydrogen (secondary N) is 1. The van der Waals surface area contributed by atoms with Gasteiger partial charge < -0.3 is 25.0 Å². The molecule has 0 spiro atoms. The summed E-state index contributed by atoms with van der Waals surface area (Å²) in [6.07, 6.45) is -0.393. The van der Waals surface area contributed by atoms with E-state index in [9.17, 15) is 19.5 Å². The van der Waals surface area contributed by atoms with Crippen LogP contribution in [0.5, 0.6) is 0 Å². The molecular weight excluding hydrogens is 350 g/mol. The molecule has 1 aliphatic rings. The molecule has 0 bridgehead atoms. The molecule has 1 heterocycles. The Balaban J connectivity index is 2.08. The molecule has 1 aliphatic heterocycles. The number of carboxylic acids is 1. The Bertz CT molecular complexity index is 706. The Hall–Kier alpha value is -2.77. The van der Waals surface area contributed by atoms with Crippen LogP contribution in [0.25, 0.3) is 0 Å². The molecule has 1 fully saturated rings. The molecular formula is C19H27N3O5. The summed E-state index contributed by atoms with van der Waals surface area (Å²) in [5.74, 6) is -1.09. The Kier molecular flexibility index (Phi) is 6.30. The Morgan fingerprint density at radius 2 is 1.70 bits per heavy atom. The third-order valence-electron chi connectivity index (χ3n) is 4.53. The number of piperazine rings is 1. The van der Waals surface area contributed by atoms with Crippen LogP contribution in [-0.4, -0.2) is 72.2 Å². The van der Waals surface area contributed by atoms with Gasteiger partial charge in [0.1, 0.15) is 6.04 Å². The molecule has 8 nitrogen and oxygen atoms in total. The average Bonchev–Trinajstić information content (AvgIpc) is 2.64. The first-order valence-electron chi connectivity index (χ1n) is 8.85. The van der Waals surface area contributed by atoms with Crippen LogP contribution in [0.2, 0.25) is 0 Å². The van der Waals surface area contributed by atoms with Crippen molar-refractivity contribution in [1.82, 2.24) is 9.80 Å². The maximum Gasteiger partial charge on any atom is 0.409 e. The summed E-state index contributed by atoms with van der Waals surface area (Å²) in [4.78, 5) is 39.1. The Morgan fingerprint density at radius 3 is 2.22 bits per heavy atom. The fourth-order valence-electron chi connectivity index (χ4n) is 2.96. The summed E-state index contributed by atoms with van der Waals surface area (Å²) in [5.41, 5.74) is 0.566. The number of aliphatic carboxylic acids is 1. The SMILES string of the molecule is COC(=O)N1CCN(C(=O)c2cccc(N[C@H](C(=O)O)C(C)(C)C)c2)CC1. The third-order valence-corrected chi connectivity index (χ3v) is 4.53. The van der Waals surface area contributed by atoms with Gasteiger partial charge in [0.05, 0.1) is 7.11 Å². The van der Waals surface area contributed by atoms with Crippen molar-refractivity contribution in [2.75, 3.05) is 38.6 Å². The highest BCUT2D eigenvalue weighted by atomic mass is 16.5. The first-order valence-corrected chi connectivity index (χ1v) is 8.85. The predicted octanol–water partition coefficient (Wildman–Crippen LogP) is 2.12. The Labute approximate surface area is 159 Å². The van der Waals surface area contributed by atoms with Crippen LogP contribution in [0, 0.1) is 5.41 Å². The fraction of sp³-hybridized carbons (Fsp3) is 0.526. The van der Waals surface area contributed by atoms with E-state index in [1.165, 1.54) is 7.11 Å². The lowest BCUT2D eigenvalue weighted by Crippen LogP contribution is -2.50. The lowest BCUT2D eigenvalue weighted by molar-refractivity contribution is -0.140. The van der Waals surface area contributed by atoms with E-state index in [-0.39, 0.29) is 5.91 Å². The summed E-state index contributed by atoms with van der Waals surface area (Å²) in [6, 6.07) is 6.05. The number of hydrogen-bond donors (Lipinski definition) is 2. The van der Waals surface area contributed by atoms with Gasteiger partial charge in [-0.15, -0.1) is 0 Å². The zero-order valence-corrected chi connectivity index (χ0v) is 16.2. The summed E-state index contributed by atoms with van der Waals surface area (Å²) >= 11 is 0. The zero-order chi connectivity index (χ0) is 20.2. The van der Waals surface area contributed by atoms with E-state index in [4.69, 9.17) is 4.74 Å². The van der Waals surface area contributed by atoms with Gasteiger partial charge in [-0.2, -0.15) is 0 Å². The van der Waals surface area contributed by atoms with E-state index in [2.05, 4.69) is 5.32 Å². The van der Waals surface area contributed by atoms with Crippen LogP contribution in [-0.2, 0) is 9.53 Å². The van der Waals surface area contributed by atoms with Crippen LogP contribution < -0.4 is 5.32 Å². The van der Waals surface area contributed by atoms with Crippen molar-refractivity contribution in [3.8, 4) is 0 Å². The highest BCUT2D eigenvalue weighted by Gasteiger charge is 2.31.